The Morgan fingerprint density at radius 3 is 2.63 bits per heavy atom. The Morgan fingerprint density at radius 1 is 1.44 bits per heavy atom. The number of hydrogen-bond donors (Lipinski definition) is 1. The molecule has 0 aromatic rings. The van der Waals surface area contributed by atoms with E-state index in [4.69, 9.17) is 9.47 Å². The third-order valence-electron chi connectivity index (χ3n) is 5.62. The van der Waals surface area contributed by atoms with Gasteiger partial charge < -0.3 is 14.6 Å². The van der Waals surface area contributed by atoms with E-state index in [-0.39, 0.29) is 12.0 Å². The third kappa shape index (κ3) is 3.48. The van der Waals surface area contributed by atoms with Crippen LogP contribution >= 0.6 is 0 Å². The van der Waals surface area contributed by atoms with E-state index in [1.165, 1.54) is 13.0 Å². The maximum Gasteiger partial charge on any atom is 0.334 e. The first-order valence-electron chi connectivity index (χ1n) is 9.11. The molecule has 0 aromatic carbocycles. The lowest BCUT2D eigenvalue weighted by Crippen LogP contribution is -2.60. The van der Waals surface area contributed by atoms with Gasteiger partial charge in [-0.25, -0.2) is 4.79 Å². The predicted octanol–water partition coefficient (Wildman–Crippen LogP) is 1.53. The summed E-state index contributed by atoms with van der Waals surface area (Å²) in [5, 5.41) is 11.4. The average molecular weight is 378 g/mol. The Kier molecular flexibility index (Phi) is 6.04. The molecule has 1 saturated heterocycles. The maximum absolute atomic E-state index is 12.8. The van der Waals surface area contributed by atoms with Crippen LogP contribution in [0.5, 0.6) is 0 Å². The number of ether oxygens (including phenoxy) is 2. The van der Waals surface area contributed by atoms with Crippen molar-refractivity contribution in [2.45, 2.75) is 58.3 Å². The van der Waals surface area contributed by atoms with Crippen LogP contribution in [0.15, 0.2) is 24.3 Å². The summed E-state index contributed by atoms with van der Waals surface area (Å²) in [6.07, 6.45) is 0.261. The van der Waals surface area contributed by atoms with Crippen molar-refractivity contribution in [1.29, 1.82) is 0 Å². The number of fused-ring (bicyclic) bond motifs is 1. The van der Waals surface area contributed by atoms with Crippen molar-refractivity contribution >= 4 is 23.5 Å². The Balaban J connectivity index is 2.59. The van der Waals surface area contributed by atoms with Crippen LogP contribution in [-0.2, 0) is 28.7 Å². The second-order valence-electron chi connectivity index (χ2n) is 7.25. The van der Waals surface area contributed by atoms with Gasteiger partial charge >= 0.3 is 11.9 Å². The van der Waals surface area contributed by atoms with Crippen molar-refractivity contribution in [2.24, 2.45) is 17.8 Å². The molecule has 0 radical (unpaired) electrons. The summed E-state index contributed by atoms with van der Waals surface area (Å²) >= 11 is 0. The lowest BCUT2D eigenvalue weighted by atomic mass is 9.77. The molecule has 1 saturated carbocycles. The number of esters is 2. The van der Waals surface area contributed by atoms with E-state index >= 15 is 0 Å². The minimum atomic E-state index is -2.34. The minimum absolute atomic E-state index is 0.0767. The van der Waals surface area contributed by atoms with Crippen molar-refractivity contribution in [3.63, 3.8) is 0 Å². The van der Waals surface area contributed by atoms with Gasteiger partial charge in [-0.05, 0) is 19.4 Å². The fraction of sp³-hybridized carbons (Fsp3) is 0.600. The summed E-state index contributed by atoms with van der Waals surface area (Å²) in [6.45, 7) is 10.1. The van der Waals surface area contributed by atoms with Crippen molar-refractivity contribution in [1.82, 2.24) is 0 Å². The van der Waals surface area contributed by atoms with Gasteiger partial charge in [0.25, 0.3) is 0 Å². The summed E-state index contributed by atoms with van der Waals surface area (Å²) in [7, 11) is 0. The van der Waals surface area contributed by atoms with E-state index in [0.717, 1.165) is 6.08 Å². The first-order valence-corrected chi connectivity index (χ1v) is 9.11. The van der Waals surface area contributed by atoms with Gasteiger partial charge in [0.1, 0.15) is 11.9 Å². The van der Waals surface area contributed by atoms with Crippen LogP contribution in [0, 0.1) is 17.8 Å². The molecule has 1 N–H and O–H groups in total. The topological polar surface area (TPSA) is 107 Å². The molecule has 1 heterocycles. The quantitative estimate of drug-likeness (QED) is 0.571. The molecular weight excluding hydrogens is 352 g/mol. The zero-order chi connectivity index (χ0) is 20.5. The van der Waals surface area contributed by atoms with Crippen molar-refractivity contribution in [2.75, 3.05) is 0 Å². The number of carbonyl (C=O) groups excluding carboxylic acids is 4. The highest BCUT2D eigenvalue weighted by Crippen LogP contribution is 2.43. The number of ketones is 2. The fourth-order valence-electron chi connectivity index (χ4n) is 3.48. The van der Waals surface area contributed by atoms with Gasteiger partial charge in [-0.2, -0.15) is 0 Å². The maximum atomic E-state index is 12.8. The number of Topliss-reactive ketones (excluding diaryl/α,β-unsaturated/α-hetero) is 1. The summed E-state index contributed by atoms with van der Waals surface area (Å²) in [4.78, 5) is 49.9. The predicted molar refractivity (Wildman–Crippen MR) is 95.4 cm³/mol. The van der Waals surface area contributed by atoms with Crippen LogP contribution < -0.4 is 0 Å². The van der Waals surface area contributed by atoms with Gasteiger partial charge in [-0.1, -0.05) is 33.4 Å². The van der Waals surface area contributed by atoms with E-state index in [1.54, 1.807) is 20.8 Å². The van der Waals surface area contributed by atoms with Gasteiger partial charge in [-0.15, -0.1) is 0 Å². The highest BCUT2D eigenvalue weighted by atomic mass is 16.6. The standard InChI is InChI=1S/C20H26O7/c1-6-8-15(22)20(25)12(5)14(21)9-13-11(4)19(24)26-16(13)17(20)27-18(23)10(3)7-2/h6,8,10,12-13,16-17,25H,4,7,9H2,1-3,5H3/b8-6+/t10?,12-,13+,16+,17-,20+/m0/s1. The molecule has 2 fully saturated rings. The van der Waals surface area contributed by atoms with Crippen LogP contribution in [0.3, 0.4) is 0 Å². The summed E-state index contributed by atoms with van der Waals surface area (Å²) in [5.41, 5.74) is -2.26. The lowest BCUT2D eigenvalue weighted by Gasteiger charge is -2.38. The molecule has 0 spiro atoms. The number of carbonyl (C=O) groups is 4. The van der Waals surface area contributed by atoms with E-state index < -0.39 is 59.1 Å². The zero-order valence-corrected chi connectivity index (χ0v) is 16.1. The molecule has 7 heteroatoms. The molecule has 2 aliphatic rings. The Bertz CT molecular complexity index is 707. The van der Waals surface area contributed by atoms with E-state index in [1.807, 2.05) is 0 Å². The van der Waals surface area contributed by atoms with E-state index in [0.29, 0.717) is 6.42 Å². The molecule has 1 unspecified atom stereocenters. The number of hydrogen-bond acceptors (Lipinski definition) is 7. The molecule has 1 aliphatic heterocycles. The fourth-order valence-corrected chi connectivity index (χ4v) is 3.48. The van der Waals surface area contributed by atoms with Crippen LogP contribution in [0.2, 0.25) is 0 Å². The Morgan fingerprint density at radius 2 is 2.07 bits per heavy atom. The molecule has 2 rings (SSSR count). The van der Waals surface area contributed by atoms with Crippen LogP contribution in [0.25, 0.3) is 0 Å². The van der Waals surface area contributed by atoms with Crippen molar-refractivity contribution in [3.05, 3.63) is 24.3 Å². The van der Waals surface area contributed by atoms with Crippen LogP contribution in [0.1, 0.15) is 40.5 Å². The highest BCUT2D eigenvalue weighted by Gasteiger charge is 2.62. The number of aliphatic hydroxyl groups is 1. The average Bonchev–Trinajstić information content (AvgIpc) is 2.87. The van der Waals surface area contributed by atoms with Crippen LogP contribution in [-0.4, -0.2) is 46.4 Å². The molecule has 6 atom stereocenters. The molecular formula is C20H26O7. The van der Waals surface area contributed by atoms with E-state index in [9.17, 15) is 24.3 Å². The highest BCUT2D eigenvalue weighted by molar-refractivity contribution is 6.03. The molecule has 148 valence electrons. The van der Waals surface area contributed by atoms with Crippen molar-refractivity contribution < 1.29 is 33.8 Å². The molecule has 0 bridgehead atoms. The second kappa shape index (κ2) is 7.76. The normalized spacial score (nSPS) is 34.8. The van der Waals surface area contributed by atoms with Crippen LogP contribution in [0.4, 0.5) is 0 Å². The number of rotatable bonds is 5. The largest absolute Gasteiger partial charge is 0.455 e. The monoisotopic (exact) mass is 378 g/mol. The first kappa shape index (κ1) is 21.0. The first-order chi connectivity index (χ1) is 12.6. The van der Waals surface area contributed by atoms with Gasteiger partial charge in [0.15, 0.2) is 17.5 Å². The molecule has 0 amide bonds. The van der Waals surface area contributed by atoms with E-state index in [2.05, 4.69) is 6.58 Å². The minimum Gasteiger partial charge on any atom is -0.455 e. The summed E-state index contributed by atoms with van der Waals surface area (Å²) < 4.78 is 10.8. The molecule has 7 nitrogen and oxygen atoms in total. The molecule has 0 aromatic heterocycles. The summed E-state index contributed by atoms with van der Waals surface area (Å²) in [5.74, 6) is -4.95. The third-order valence-corrected chi connectivity index (χ3v) is 5.62. The van der Waals surface area contributed by atoms with Crippen molar-refractivity contribution in [3.8, 4) is 0 Å². The Labute approximate surface area is 158 Å². The zero-order valence-electron chi connectivity index (χ0n) is 16.1. The SMILES string of the molecule is C=C1C(=O)O[C@@H]2[C@@H]1CC(=O)[C@H](C)[C@@](O)(C(=O)/C=C/C)[C@H]2OC(=O)C(C)CC. The molecule has 1 aliphatic carbocycles. The van der Waals surface area contributed by atoms with Gasteiger partial charge in [0.05, 0.1) is 11.8 Å². The summed E-state index contributed by atoms with van der Waals surface area (Å²) in [6, 6.07) is 0. The Hall–Kier alpha value is -2.28. The van der Waals surface area contributed by atoms with Gasteiger partial charge in [0, 0.05) is 17.9 Å². The lowest BCUT2D eigenvalue weighted by molar-refractivity contribution is -0.197. The van der Waals surface area contributed by atoms with Gasteiger partial charge in [-0.3, -0.25) is 14.4 Å². The smallest absolute Gasteiger partial charge is 0.334 e. The number of allylic oxidation sites excluding steroid dienone is 1. The molecule has 27 heavy (non-hydrogen) atoms. The second-order valence-corrected chi connectivity index (χ2v) is 7.25. The van der Waals surface area contributed by atoms with Gasteiger partial charge in [0.2, 0.25) is 0 Å².